The van der Waals surface area contributed by atoms with Gasteiger partial charge in [0.1, 0.15) is 0 Å². The van der Waals surface area contributed by atoms with Crippen LogP contribution in [0.2, 0.25) is 5.02 Å². The van der Waals surface area contributed by atoms with Crippen molar-refractivity contribution in [1.82, 2.24) is 5.32 Å². The fourth-order valence-corrected chi connectivity index (χ4v) is 3.74. The molecular weight excluding hydrogens is 398 g/mol. The second kappa shape index (κ2) is 9.28. The molecule has 0 saturated heterocycles. The molecule has 0 aliphatic rings. The van der Waals surface area contributed by atoms with Gasteiger partial charge in [-0.15, -0.1) is 0 Å². The fourth-order valence-electron chi connectivity index (χ4n) is 3.55. The molecule has 3 aromatic rings. The Morgan fingerprint density at radius 1 is 1.17 bits per heavy atom. The minimum atomic E-state index is -0.179. The molecule has 4 N–H and O–H groups in total. The Kier molecular flexibility index (Phi) is 6.75. The summed E-state index contributed by atoms with van der Waals surface area (Å²) in [5.74, 6) is 0.0956. The molecule has 6 heteroatoms. The third-order valence-electron chi connectivity index (χ3n) is 5.08. The number of pyridine rings is 1. The van der Waals surface area contributed by atoms with Gasteiger partial charge in [-0.25, -0.2) is 0 Å². The van der Waals surface area contributed by atoms with Crippen LogP contribution in [0.4, 0.5) is 0 Å². The van der Waals surface area contributed by atoms with Crippen molar-refractivity contribution in [1.29, 1.82) is 0 Å². The van der Waals surface area contributed by atoms with Crippen molar-refractivity contribution in [2.24, 2.45) is 5.73 Å². The molecule has 0 atom stereocenters. The lowest BCUT2D eigenvalue weighted by Crippen LogP contribution is -2.29. The number of amides is 1. The van der Waals surface area contributed by atoms with Gasteiger partial charge < -0.3 is 11.1 Å². The first-order valence-electron chi connectivity index (χ1n) is 9.90. The number of aryl methyl sites for hydroxylation is 1. The number of halogens is 1. The van der Waals surface area contributed by atoms with Gasteiger partial charge in [-0.05, 0) is 64.9 Å². The van der Waals surface area contributed by atoms with E-state index in [0.29, 0.717) is 23.7 Å². The highest BCUT2D eigenvalue weighted by Crippen LogP contribution is 2.29. The van der Waals surface area contributed by atoms with Gasteiger partial charge in [-0.1, -0.05) is 37.6 Å². The Morgan fingerprint density at radius 2 is 1.93 bits per heavy atom. The highest BCUT2D eigenvalue weighted by Gasteiger charge is 2.17. The van der Waals surface area contributed by atoms with Crippen LogP contribution in [0.25, 0.3) is 11.1 Å². The zero-order valence-electron chi connectivity index (χ0n) is 17.4. The Labute approximate surface area is 182 Å². The Hall–Kier alpha value is -2.89. The maximum Gasteiger partial charge on any atom is 0.251 e. The first kappa shape index (κ1) is 21.8. The highest BCUT2D eigenvalue weighted by molar-refractivity contribution is 6.30. The van der Waals surface area contributed by atoms with Crippen LogP contribution in [0.5, 0.6) is 0 Å². The third-order valence-corrected chi connectivity index (χ3v) is 5.31. The summed E-state index contributed by atoms with van der Waals surface area (Å²) in [6.07, 6.45) is 3.29. The largest absolute Gasteiger partial charge is 0.348 e. The average Bonchev–Trinajstić information content (AvgIpc) is 2.71. The molecule has 0 aliphatic carbocycles. The number of carbonyl (C=O) groups excluding carboxylic acids is 1. The summed E-state index contributed by atoms with van der Waals surface area (Å²) in [6, 6.07) is 13.1. The maximum atomic E-state index is 12.9. The normalized spacial score (nSPS) is 11.0. The molecule has 156 valence electrons. The van der Waals surface area contributed by atoms with Crippen molar-refractivity contribution in [2.45, 2.75) is 39.8 Å². The molecule has 30 heavy (non-hydrogen) atoms. The number of rotatable bonds is 6. The number of carbonyl (C=O) groups is 1. The molecule has 2 aromatic carbocycles. The van der Waals surface area contributed by atoms with Gasteiger partial charge in [0.05, 0.1) is 5.56 Å². The van der Waals surface area contributed by atoms with Gasteiger partial charge in [0.2, 0.25) is 12.4 Å². The number of hydrogen-bond donors (Lipinski definition) is 3. The van der Waals surface area contributed by atoms with Gasteiger partial charge in [0.15, 0.2) is 0 Å². The second-order valence-corrected chi connectivity index (χ2v) is 8.17. The van der Waals surface area contributed by atoms with Gasteiger partial charge in [0.25, 0.3) is 5.91 Å². The molecule has 0 aliphatic heterocycles. The standard InChI is InChI=1S/C24H26ClN3O2/c1-15(2)22-6-7-28(30)14-23(22)18-8-16(3)9-19(10-18)24(29)27-13-20-11-21(25)5-4-17(20)12-26/h4-11,14-15H,12-13,26H2,1-3H3,(H-,27,29,30)/p+1. The van der Waals surface area contributed by atoms with E-state index in [1.165, 1.54) is 0 Å². The van der Waals surface area contributed by atoms with E-state index in [2.05, 4.69) is 19.2 Å². The van der Waals surface area contributed by atoms with Gasteiger partial charge >= 0.3 is 0 Å². The number of benzene rings is 2. The topological polar surface area (TPSA) is 79.2 Å². The smallest absolute Gasteiger partial charge is 0.251 e. The van der Waals surface area contributed by atoms with Gasteiger partial charge in [0, 0.05) is 34.5 Å². The monoisotopic (exact) mass is 424 g/mol. The van der Waals surface area contributed by atoms with Crippen LogP contribution in [0.1, 0.15) is 52.4 Å². The first-order valence-corrected chi connectivity index (χ1v) is 10.3. The predicted molar refractivity (Wildman–Crippen MR) is 119 cm³/mol. The van der Waals surface area contributed by atoms with Crippen LogP contribution in [0.3, 0.4) is 0 Å². The molecule has 0 saturated carbocycles. The summed E-state index contributed by atoms with van der Waals surface area (Å²) in [4.78, 5) is 12.9. The zero-order chi connectivity index (χ0) is 21.8. The SMILES string of the molecule is Cc1cc(C(=O)NCc2cc(Cl)ccc2CN)cc(-c2c[n+](O)ccc2C(C)C)c1. The van der Waals surface area contributed by atoms with E-state index in [1.54, 1.807) is 18.5 Å². The van der Waals surface area contributed by atoms with Crippen LogP contribution < -0.4 is 15.8 Å². The lowest BCUT2D eigenvalue weighted by atomic mass is 9.92. The van der Waals surface area contributed by atoms with E-state index < -0.39 is 0 Å². The van der Waals surface area contributed by atoms with E-state index in [9.17, 15) is 10.0 Å². The average molecular weight is 425 g/mol. The maximum absolute atomic E-state index is 12.9. The highest BCUT2D eigenvalue weighted by atomic mass is 35.5. The molecule has 0 unspecified atom stereocenters. The lowest BCUT2D eigenvalue weighted by molar-refractivity contribution is -0.904. The van der Waals surface area contributed by atoms with E-state index in [1.807, 2.05) is 43.3 Å². The molecule has 3 rings (SSSR count). The molecule has 5 nitrogen and oxygen atoms in total. The number of nitrogens with one attached hydrogen (secondary N) is 1. The summed E-state index contributed by atoms with van der Waals surface area (Å²) in [5.41, 5.74) is 12.1. The molecular formula is C24H27ClN3O2+. The molecule has 0 fully saturated rings. The van der Waals surface area contributed by atoms with E-state index in [-0.39, 0.29) is 11.8 Å². The van der Waals surface area contributed by atoms with Crippen molar-refractivity contribution in [3.63, 3.8) is 0 Å². The van der Waals surface area contributed by atoms with Crippen LogP contribution in [0.15, 0.2) is 54.9 Å². The lowest BCUT2D eigenvalue weighted by Gasteiger charge is -2.13. The van der Waals surface area contributed by atoms with Crippen molar-refractivity contribution in [3.8, 4) is 11.1 Å². The van der Waals surface area contributed by atoms with E-state index >= 15 is 0 Å². The number of nitrogens with two attached hydrogens (primary N) is 1. The van der Waals surface area contributed by atoms with Gasteiger partial charge in [-0.2, -0.15) is 0 Å². The zero-order valence-corrected chi connectivity index (χ0v) is 18.2. The summed E-state index contributed by atoms with van der Waals surface area (Å²) >= 11 is 6.09. The van der Waals surface area contributed by atoms with Crippen molar-refractivity contribution < 1.29 is 14.7 Å². The number of aromatic nitrogens is 1. The van der Waals surface area contributed by atoms with Crippen LogP contribution in [-0.4, -0.2) is 11.1 Å². The van der Waals surface area contributed by atoms with Crippen LogP contribution in [-0.2, 0) is 13.1 Å². The Bertz CT molecular complexity index is 1080. The first-order chi connectivity index (χ1) is 14.3. The quantitative estimate of drug-likeness (QED) is 0.406. The molecule has 0 radical (unpaired) electrons. The van der Waals surface area contributed by atoms with E-state index in [4.69, 9.17) is 17.3 Å². The van der Waals surface area contributed by atoms with Crippen molar-refractivity contribution in [3.05, 3.63) is 87.7 Å². The number of hydrogen-bond acceptors (Lipinski definition) is 3. The van der Waals surface area contributed by atoms with Gasteiger partial charge in [-0.3, -0.25) is 10.0 Å². The van der Waals surface area contributed by atoms with Crippen LogP contribution in [0, 0.1) is 6.92 Å². The predicted octanol–water partition coefficient (Wildman–Crippen LogP) is 4.35. The molecule has 0 spiro atoms. The summed E-state index contributed by atoms with van der Waals surface area (Å²) < 4.78 is 1.04. The third kappa shape index (κ3) is 4.99. The van der Waals surface area contributed by atoms with Crippen molar-refractivity contribution in [2.75, 3.05) is 0 Å². The van der Waals surface area contributed by atoms with Crippen molar-refractivity contribution >= 4 is 17.5 Å². The summed E-state index contributed by atoms with van der Waals surface area (Å²) in [5, 5.41) is 13.5. The second-order valence-electron chi connectivity index (χ2n) is 7.74. The number of nitrogens with zero attached hydrogens (tertiary/aromatic N) is 1. The molecule has 0 bridgehead atoms. The molecule has 1 heterocycles. The minimum Gasteiger partial charge on any atom is -0.348 e. The Balaban J connectivity index is 1.90. The molecule has 1 aromatic heterocycles. The summed E-state index contributed by atoms with van der Waals surface area (Å²) in [7, 11) is 0. The summed E-state index contributed by atoms with van der Waals surface area (Å²) in [6.45, 7) is 6.88. The van der Waals surface area contributed by atoms with E-state index in [0.717, 1.165) is 38.1 Å². The fraction of sp³-hybridized carbons (Fsp3) is 0.250. The Morgan fingerprint density at radius 3 is 2.63 bits per heavy atom. The van der Waals surface area contributed by atoms with Crippen LogP contribution >= 0.6 is 11.6 Å². The minimum absolute atomic E-state index is 0.179. The molecule has 1 amide bonds.